The number of anilines is 1. The van der Waals surface area contributed by atoms with Crippen molar-refractivity contribution in [3.8, 4) is 5.75 Å². The van der Waals surface area contributed by atoms with Crippen LogP contribution < -0.4 is 26.0 Å². The van der Waals surface area contributed by atoms with E-state index in [2.05, 4.69) is 20.9 Å². The molecule has 4 N–H and O–H groups in total. The summed E-state index contributed by atoms with van der Waals surface area (Å²) in [4.78, 5) is 66.8. The number of carbonyl (C=O) groups excluding carboxylic acids is 5. The Kier molecular flexibility index (Phi) is 11.6. The van der Waals surface area contributed by atoms with Crippen LogP contribution in [0.5, 0.6) is 5.75 Å². The van der Waals surface area contributed by atoms with Crippen molar-refractivity contribution < 1.29 is 59.4 Å². The van der Waals surface area contributed by atoms with E-state index < -0.39 is 101 Å². The molecule has 11 nitrogen and oxygen atoms in total. The Bertz CT molecular complexity index is 1480. The first-order valence-corrected chi connectivity index (χ1v) is 13.7. The van der Waals surface area contributed by atoms with E-state index in [0.29, 0.717) is 0 Å². The Hall–Kier alpha value is -4.77. The van der Waals surface area contributed by atoms with Gasteiger partial charge in [0.2, 0.25) is 23.4 Å². The number of rotatable bonds is 12. The normalized spacial score (nSPS) is 16.0. The van der Waals surface area contributed by atoms with Crippen LogP contribution in [0, 0.1) is 35.1 Å². The number of carbonyl (C=O) groups is 5. The summed E-state index contributed by atoms with van der Waals surface area (Å²) < 4.78 is 99.7. The summed E-state index contributed by atoms with van der Waals surface area (Å²) in [7, 11) is 0. The number of nitrogens with zero attached hydrogens (tertiary/aromatic N) is 1. The van der Waals surface area contributed by atoms with Crippen LogP contribution in [0.3, 0.4) is 0 Å². The Morgan fingerprint density at radius 2 is 1.67 bits per heavy atom. The van der Waals surface area contributed by atoms with Gasteiger partial charge in [-0.2, -0.15) is 22.0 Å². The fourth-order valence-corrected chi connectivity index (χ4v) is 4.46. The van der Waals surface area contributed by atoms with E-state index >= 15 is 0 Å². The van der Waals surface area contributed by atoms with Gasteiger partial charge in [-0.15, -0.1) is 0 Å². The van der Waals surface area contributed by atoms with Crippen molar-refractivity contribution in [2.24, 2.45) is 11.8 Å². The molecular weight excluding hydrogens is 635 g/mol. The van der Waals surface area contributed by atoms with Crippen LogP contribution >= 0.6 is 0 Å². The highest BCUT2D eigenvalue weighted by Crippen LogP contribution is 2.32. The van der Waals surface area contributed by atoms with Gasteiger partial charge in [-0.3, -0.25) is 24.0 Å². The third kappa shape index (κ3) is 9.13. The number of pyridine rings is 1. The Labute approximate surface area is 256 Å². The Morgan fingerprint density at radius 1 is 1.02 bits per heavy atom. The number of alkyl halides is 3. The van der Waals surface area contributed by atoms with Crippen LogP contribution in [0.25, 0.3) is 0 Å². The quantitative estimate of drug-likeness (QED) is 0.155. The smallest absolute Gasteiger partial charge is 0.435 e. The molecule has 18 heteroatoms. The summed E-state index contributed by atoms with van der Waals surface area (Å²) >= 11 is 0. The van der Waals surface area contributed by atoms with E-state index in [1.165, 1.54) is 0 Å². The standard InChI is InChI=1S/C28H28F7N5O6/c1-12(2)8-18(40-27(45)26(44)38-16-4-3-6-36-23(16)28(33,34)35)25(43)39-17(9-13-5-7-37-24(13)42)19(41)11-46-22-20(31)14(29)10-15(30)21(22)32/h3-4,6,10,12-13,17-18H,5,7-9,11H2,1-2H3,(H,37,42)(H,38,44)(H,39,43)(H,40,45). The minimum atomic E-state index is -4.97. The Morgan fingerprint density at radius 3 is 2.24 bits per heavy atom. The summed E-state index contributed by atoms with van der Waals surface area (Å²) in [5, 5.41) is 8.68. The number of hydrogen-bond acceptors (Lipinski definition) is 7. The molecule has 1 aromatic heterocycles. The van der Waals surface area contributed by atoms with Gasteiger partial charge in [-0.25, -0.2) is 13.8 Å². The summed E-state index contributed by atoms with van der Waals surface area (Å²) in [6, 6.07) is -1.29. The molecule has 2 aromatic rings. The molecule has 0 saturated carbocycles. The topological polar surface area (TPSA) is 156 Å². The molecule has 0 aliphatic carbocycles. The van der Waals surface area contributed by atoms with Crippen molar-refractivity contribution in [1.29, 1.82) is 0 Å². The van der Waals surface area contributed by atoms with Gasteiger partial charge >= 0.3 is 18.0 Å². The lowest BCUT2D eigenvalue weighted by molar-refractivity contribution is -0.141. The third-order valence-corrected chi connectivity index (χ3v) is 6.68. The number of ketones is 1. The number of halogens is 7. The van der Waals surface area contributed by atoms with Crippen molar-refractivity contribution in [3.05, 3.63) is 53.4 Å². The van der Waals surface area contributed by atoms with Crippen molar-refractivity contribution in [2.45, 2.75) is 51.4 Å². The molecule has 1 aliphatic heterocycles. The average Bonchev–Trinajstić information content (AvgIpc) is 3.38. The third-order valence-electron chi connectivity index (χ3n) is 6.68. The van der Waals surface area contributed by atoms with E-state index in [-0.39, 0.29) is 37.8 Å². The van der Waals surface area contributed by atoms with Gasteiger partial charge in [0.15, 0.2) is 28.9 Å². The maximum Gasteiger partial charge on any atom is 0.435 e. The summed E-state index contributed by atoms with van der Waals surface area (Å²) in [6.07, 6.45) is -4.42. The zero-order chi connectivity index (χ0) is 34.3. The molecule has 1 aliphatic rings. The molecule has 1 aromatic carbocycles. The highest BCUT2D eigenvalue weighted by Gasteiger charge is 2.37. The van der Waals surface area contributed by atoms with E-state index in [9.17, 15) is 54.7 Å². The minimum absolute atomic E-state index is 0.0729. The molecule has 3 rings (SSSR count). The molecule has 1 saturated heterocycles. The molecule has 250 valence electrons. The molecule has 1 fully saturated rings. The van der Waals surface area contributed by atoms with Crippen LogP contribution in [0.4, 0.5) is 36.4 Å². The number of amides is 4. The highest BCUT2D eigenvalue weighted by atomic mass is 19.4. The minimum Gasteiger partial charge on any atom is -0.479 e. The van der Waals surface area contributed by atoms with Crippen LogP contribution in [0.1, 0.15) is 38.8 Å². The molecular formula is C28H28F7N5O6. The number of aromatic nitrogens is 1. The van der Waals surface area contributed by atoms with E-state index in [4.69, 9.17) is 4.74 Å². The number of Topliss-reactive ketones (excluding diaryl/α,β-unsaturated/α-hetero) is 1. The van der Waals surface area contributed by atoms with Gasteiger partial charge in [0.1, 0.15) is 12.6 Å². The van der Waals surface area contributed by atoms with Gasteiger partial charge in [-0.05, 0) is 37.3 Å². The lowest BCUT2D eigenvalue weighted by Crippen LogP contribution is -2.54. The van der Waals surface area contributed by atoms with E-state index in [1.54, 1.807) is 19.2 Å². The monoisotopic (exact) mass is 663 g/mol. The number of hydrogen-bond donors (Lipinski definition) is 4. The van der Waals surface area contributed by atoms with Gasteiger partial charge in [-0.1, -0.05) is 13.8 Å². The van der Waals surface area contributed by atoms with Crippen LogP contribution in [0.15, 0.2) is 24.4 Å². The highest BCUT2D eigenvalue weighted by molar-refractivity contribution is 6.40. The van der Waals surface area contributed by atoms with Gasteiger partial charge in [0.25, 0.3) is 0 Å². The zero-order valence-corrected chi connectivity index (χ0v) is 24.2. The molecule has 4 amide bonds. The molecule has 46 heavy (non-hydrogen) atoms. The van der Waals surface area contributed by atoms with Crippen LogP contribution in [0.2, 0.25) is 0 Å². The first kappa shape index (κ1) is 35.7. The largest absolute Gasteiger partial charge is 0.479 e. The summed E-state index contributed by atoms with van der Waals surface area (Å²) in [5.74, 6) is -15.9. The molecule has 0 bridgehead atoms. The second kappa shape index (κ2) is 15.0. The predicted molar refractivity (Wildman–Crippen MR) is 144 cm³/mol. The molecule has 2 heterocycles. The zero-order valence-electron chi connectivity index (χ0n) is 24.2. The molecule has 3 unspecified atom stereocenters. The van der Waals surface area contributed by atoms with Crippen molar-refractivity contribution in [3.63, 3.8) is 0 Å². The van der Waals surface area contributed by atoms with E-state index in [1.807, 2.05) is 0 Å². The predicted octanol–water partition coefficient (Wildman–Crippen LogP) is 2.79. The van der Waals surface area contributed by atoms with Crippen molar-refractivity contribution in [1.82, 2.24) is 20.9 Å². The Balaban J connectivity index is 1.78. The fraction of sp³-hybridized carbons (Fsp3) is 0.429. The first-order chi connectivity index (χ1) is 21.5. The van der Waals surface area contributed by atoms with Crippen molar-refractivity contribution >= 4 is 35.1 Å². The summed E-state index contributed by atoms with van der Waals surface area (Å²) in [6.45, 7) is 2.27. The SMILES string of the molecule is CC(C)CC(NC(=O)C(=O)Nc1cccnc1C(F)(F)F)C(=O)NC(CC1CCNC1=O)C(=O)COc1c(F)c(F)cc(F)c1F. The summed E-state index contributed by atoms with van der Waals surface area (Å²) in [5.41, 5.74) is -2.31. The lowest BCUT2D eigenvalue weighted by Gasteiger charge is -2.25. The maximum absolute atomic E-state index is 14.0. The van der Waals surface area contributed by atoms with Crippen LogP contribution in [-0.4, -0.2) is 59.6 Å². The molecule has 3 atom stereocenters. The van der Waals surface area contributed by atoms with Crippen molar-refractivity contribution in [2.75, 3.05) is 18.5 Å². The second-order valence-electron chi connectivity index (χ2n) is 10.6. The van der Waals surface area contributed by atoms with Gasteiger partial charge < -0.3 is 26.0 Å². The number of benzene rings is 1. The van der Waals surface area contributed by atoms with Crippen LogP contribution in [-0.2, 0) is 30.1 Å². The number of nitrogens with one attached hydrogen (secondary N) is 4. The van der Waals surface area contributed by atoms with Gasteiger partial charge in [0.05, 0.1) is 11.7 Å². The maximum atomic E-state index is 14.0. The molecule has 0 radical (unpaired) electrons. The average molecular weight is 664 g/mol. The molecule has 0 spiro atoms. The first-order valence-electron chi connectivity index (χ1n) is 13.7. The lowest BCUT2D eigenvalue weighted by atomic mass is 9.95. The van der Waals surface area contributed by atoms with Gasteiger partial charge in [0, 0.05) is 24.7 Å². The van der Waals surface area contributed by atoms with E-state index in [0.717, 1.165) is 18.3 Å². The second-order valence-corrected chi connectivity index (χ2v) is 10.6. The fourth-order valence-electron chi connectivity index (χ4n) is 4.46. The number of ether oxygens (including phenoxy) is 1.